The summed E-state index contributed by atoms with van der Waals surface area (Å²) >= 11 is 0. The minimum atomic E-state index is -0.111. The summed E-state index contributed by atoms with van der Waals surface area (Å²) in [6, 6.07) is 9.71. The number of nitrogens with zero attached hydrogens (tertiary/aromatic N) is 4. The summed E-state index contributed by atoms with van der Waals surface area (Å²) in [4.78, 5) is 20.8. The molecule has 0 saturated heterocycles. The van der Waals surface area contributed by atoms with Crippen molar-refractivity contribution in [3.8, 4) is 5.75 Å². The number of nitrogens with one attached hydrogen (secondary N) is 1. The first-order chi connectivity index (χ1) is 12.1. The van der Waals surface area contributed by atoms with E-state index in [2.05, 4.69) is 20.4 Å². The van der Waals surface area contributed by atoms with Crippen LogP contribution in [0.3, 0.4) is 0 Å². The lowest BCUT2D eigenvalue weighted by atomic mass is 10.1. The van der Waals surface area contributed by atoms with Gasteiger partial charge in [-0.05, 0) is 38.0 Å². The molecule has 2 aromatic heterocycles. The lowest BCUT2D eigenvalue weighted by Gasteiger charge is -2.08. The summed E-state index contributed by atoms with van der Waals surface area (Å²) in [6.45, 7) is 4.38. The minimum absolute atomic E-state index is 0.111. The maximum absolute atomic E-state index is 12.1. The number of ether oxygens (including phenoxy) is 1. The molecule has 1 N–H and O–H groups in total. The van der Waals surface area contributed by atoms with E-state index in [-0.39, 0.29) is 12.3 Å². The number of rotatable bonds is 6. The predicted octanol–water partition coefficient (Wildman–Crippen LogP) is 1.65. The topological polar surface area (TPSA) is 81.4 Å². The van der Waals surface area contributed by atoms with E-state index < -0.39 is 0 Å². The van der Waals surface area contributed by atoms with Gasteiger partial charge in [0.1, 0.15) is 5.75 Å². The van der Waals surface area contributed by atoms with Crippen molar-refractivity contribution >= 4 is 11.7 Å². The Morgan fingerprint density at radius 1 is 1.24 bits per heavy atom. The molecule has 0 atom stereocenters. The first-order valence-electron chi connectivity index (χ1n) is 8.15. The molecule has 0 unspecified atom stereocenters. The number of carbonyl (C=O) groups is 1. The van der Waals surface area contributed by atoms with Crippen molar-refractivity contribution in [2.45, 2.75) is 26.7 Å². The maximum atomic E-state index is 12.1. The molecule has 0 aliphatic carbocycles. The first-order valence-corrected chi connectivity index (χ1v) is 8.15. The van der Waals surface area contributed by atoms with Gasteiger partial charge >= 0.3 is 0 Å². The van der Waals surface area contributed by atoms with Gasteiger partial charge in [0.25, 0.3) is 5.78 Å². The minimum Gasteiger partial charge on any atom is -0.496 e. The molecule has 7 nitrogen and oxygen atoms in total. The number of benzene rings is 1. The van der Waals surface area contributed by atoms with Gasteiger partial charge in [0, 0.05) is 17.9 Å². The zero-order chi connectivity index (χ0) is 17.8. The molecule has 25 heavy (non-hydrogen) atoms. The second-order valence-electron chi connectivity index (χ2n) is 5.87. The Bertz CT molecular complexity index is 904. The van der Waals surface area contributed by atoms with Crippen molar-refractivity contribution in [3.05, 3.63) is 53.1 Å². The smallest absolute Gasteiger partial charge is 0.252 e. The van der Waals surface area contributed by atoms with Gasteiger partial charge in [0.15, 0.2) is 5.82 Å². The Labute approximate surface area is 146 Å². The normalized spacial score (nSPS) is 10.8. The Balaban J connectivity index is 1.58. The SMILES string of the molecule is COc1ccccc1CCNC(=O)Cc1nc2nc(C)cc(C)n2n1. The second-order valence-corrected chi connectivity index (χ2v) is 5.87. The third-order valence-corrected chi connectivity index (χ3v) is 3.89. The molecule has 1 aromatic carbocycles. The fourth-order valence-corrected chi connectivity index (χ4v) is 2.73. The zero-order valence-corrected chi connectivity index (χ0v) is 14.6. The van der Waals surface area contributed by atoms with Crippen LogP contribution in [-0.2, 0) is 17.6 Å². The fourth-order valence-electron chi connectivity index (χ4n) is 2.73. The van der Waals surface area contributed by atoms with Crippen LogP contribution in [0, 0.1) is 13.8 Å². The van der Waals surface area contributed by atoms with E-state index >= 15 is 0 Å². The van der Waals surface area contributed by atoms with Crippen LogP contribution in [0.4, 0.5) is 0 Å². The summed E-state index contributed by atoms with van der Waals surface area (Å²) < 4.78 is 6.97. The lowest BCUT2D eigenvalue weighted by Crippen LogP contribution is -2.27. The predicted molar refractivity (Wildman–Crippen MR) is 93.7 cm³/mol. The Morgan fingerprint density at radius 2 is 2.04 bits per heavy atom. The van der Waals surface area contributed by atoms with Crippen LogP contribution in [0.5, 0.6) is 5.75 Å². The number of hydrogen-bond donors (Lipinski definition) is 1. The van der Waals surface area contributed by atoms with E-state index in [1.54, 1.807) is 11.6 Å². The first kappa shape index (κ1) is 16.9. The molecular formula is C18H21N5O2. The number of carbonyl (C=O) groups excluding carboxylic acids is 1. The largest absolute Gasteiger partial charge is 0.496 e. The summed E-state index contributed by atoms with van der Waals surface area (Å²) in [6.07, 6.45) is 0.835. The Hall–Kier alpha value is -2.96. The highest BCUT2D eigenvalue weighted by atomic mass is 16.5. The summed E-state index contributed by atoms with van der Waals surface area (Å²) in [5, 5.41) is 7.25. The van der Waals surface area contributed by atoms with Crippen LogP contribution in [0.2, 0.25) is 0 Å². The van der Waals surface area contributed by atoms with E-state index in [0.29, 0.717) is 24.6 Å². The van der Waals surface area contributed by atoms with Crippen LogP contribution < -0.4 is 10.1 Å². The molecule has 0 radical (unpaired) electrons. The monoisotopic (exact) mass is 339 g/mol. The van der Waals surface area contributed by atoms with Crippen LogP contribution in [0.15, 0.2) is 30.3 Å². The van der Waals surface area contributed by atoms with Gasteiger partial charge in [-0.1, -0.05) is 18.2 Å². The van der Waals surface area contributed by atoms with Crippen molar-refractivity contribution in [1.82, 2.24) is 24.9 Å². The van der Waals surface area contributed by atoms with Crippen molar-refractivity contribution < 1.29 is 9.53 Å². The molecule has 3 rings (SSSR count). The summed E-state index contributed by atoms with van der Waals surface area (Å²) in [5.74, 6) is 1.71. The highest BCUT2D eigenvalue weighted by Crippen LogP contribution is 2.17. The van der Waals surface area contributed by atoms with Crippen molar-refractivity contribution in [2.24, 2.45) is 0 Å². The molecule has 0 saturated carbocycles. The molecule has 130 valence electrons. The van der Waals surface area contributed by atoms with Crippen LogP contribution in [-0.4, -0.2) is 39.1 Å². The van der Waals surface area contributed by atoms with Gasteiger partial charge in [-0.2, -0.15) is 4.98 Å². The standard InChI is InChI=1S/C18H21N5O2/c1-12-10-13(2)23-18(20-12)21-16(22-23)11-17(24)19-9-8-14-6-4-5-7-15(14)25-3/h4-7,10H,8-9,11H2,1-3H3,(H,19,24). The Morgan fingerprint density at radius 3 is 2.84 bits per heavy atom. The van der Waals surface area contributed by atoms with E-state index in [1.807, 2.05) is 44.2 Å². The molecule has 0 spiro atoms. The van der Waals surface area contributed by atoms with E-state index in [1.165, 1.54) is 0 Å². The maximum Gasteiger partial charge on any atom is 0.252 e. The number of aryl methyl sites for hydroxylation is 2. The third-order valence-electron chi connectivity index (χ3n) is 3.89. The molecule has 0 bridgehead atoms. The van der Waals surface area contributed by atoms with Crippen molar-refractivity contribution in [1.29, 1.82) is 0 Å². The van der Waals surface area contributed by atoms with Crippen LogP contribution in [0.1, 0.15) is 22.8 Å². The molecule has 2 heterocycles. The number of fused-ring (bicyclic) bond motifs is 1. The van der Waals surface area contributed by atoms with Gasteiger partial charge in [-0.15, -0.1) is 5.10 Å². The number of amides is 1. The van der Waals surface area contributed by atoms with Gasteiger partial charge in [0.2, 0.25) is 5.91 Å². The average molecular weight is 339 g/mol. The van der Waals surface area contributed by atoms with Crippen molar-refractivity contribution in [2.75, 3.05) is 13.7 Å². The highest BCUT2D eigenvalue weighted by molar-refractivity contribution is 5.77. The molecule has 1 amide bonds. The third kappa shape index (κ3) is 3.93. The van der Waals surface area contributed by atoms with Crippen molar-refractivity contribution in [3.63, 3.8) is 0 Å². The number of para-hydroxylation sites is 1. The molecule has 3 aromatic rings. The molecule has 7 heteroatoms. The quantitative estimate of drug-likeness (QED) is 0.738. The van der Waals surface area contributed by atoms with Crippen LogP contribution in [0.25, 0.3) is 5.78 Å². The molecule has 0 fully saturated rings. The van der Waals surface area contributed by atoms with Gasteiger partial charge in [0.05, 0.1) is 13.5 Å². The van der Waals surface area contributed by atoms with Gasteiger partial charge in [-0.25, -0.2) is 9.50 Å². The number of methoxy groups -OCH3 is 1. The van der Waals surface area contributed by atoms with Gasteiger partial charge < -0.3 is 10.1 Å². The number of hydrogen-bond acceptors (Lipinski definition) is 5. The zero-order valence-electron chi connectivity index (χ0n) is 14.6. The fraction of sp³-hybridized carbons (Fsp3) is 0.333. The van der Waals surface area contributed by atoms with E-state index in [9.17, 15) is 4.79 Å². The highest BCUT2D eigenvalue weighted by Gasteiger charge is 2.11. The van der Waals surface area contributed by atoms with Gasteiger partial charge in [-0.3, -0.25) is 4.79 Å². The second kappa shape index (κ2) is 7.29. The summed E-state index contributed by atoms with van der Waals surface area (Å²) in [5.41, 5.74) is 2.88. The Kier molecular flexibility index (Phi) is 4.92. The van der Waals surface area contributed by atoms with E-state index in [4.69, 9.17) is 4.74 Å². The molecular weight excluding hydrogens is 318 g/mol. The van der Waals surface area contributed by atoms with Crippen LogP contribution >= 0.6 is 0 Å². The summed E-state index contributed by atoms with van der Waals surface area (Å²) in [7, 11) is 1.64. The average Bonchev–Trinajstić information content (AvgIpc) is 2.97. The molecule has 0 aliphatic rings. The number of aromatic nitrogens is 4. The lowest BCUT2D eigenvalue weighted by molar-refractivity contribution is -0.120. The van der Waals surface area contributed by atoms with E-state index in [0.717, 1.165) is 22.7 Å². The molecule has 0 aliphatic heterocycles.